The number of benzene rings is 1. The van der Waals surface area contributed by atoms with Gasteiger partial charge in [0.05, 0.1) is 0 Å². The van der Waals surface area contributed by atoms with Crippen molar-refractivity contribution in [2.45, 2.75) is 99.0 Å². The van der Waals surface area contributed by atoms with Crippen LogP contribution in [0, 0.1) is 0 Å². The summed E-state index contributed by atoms with van der Waals surface area (Å²) in [5.74, 6) is 0.301. The fourth-order valence-electron chi connectivity index (χ4n) is 4.19. The molecule has 0 aliphatic rings. The molecule has 0 aliphatic heterocycles. The van der Waals surface area contributed by atoms with Crippen molar-refractivity contribution in [3.63, 3.8) is 0 Å². The van der Waals surface area contributed by atoms with Crippen LogP contribution in [0.15, 0.2) is 30.3 Å². The van der Waals surface area contributed by atoms with Crippen LogP contribution < -0.4 is 8.32 Å². The molecule has 0 fully saturated rings. The number of ether oxygens (including phenoxy) is 2. The fourth-order valence-corrected chi connectivity index (χ4v) is 20.1. The Morgan fingerprint density at radius 3 is 1.97 bits per heavy atom. The van der Waals surface area contributed by atoms with E-state index in [4.69, 9.17) is 9.47 Å². The third-order valence-electron chi connectivity index (χ3n) is 5.88. The minimum atomic E-state index is -2.53. The monoisotopic (exact) mass is 535 g/mol. The van der Waals surface area contributed by atoms with Crippen LogP contribution in [0.25, 0.3) is 10.9 Å². The first-order valence-corrected chi connectivity index (χ1v) is 19.5. The van der Waals surface area contributed by atoms with E-state index in [1.807, 2.05) is 26.8 Å². The van der Waals surface area contributed by atoms with Crippen molar-refractivity contribution < 1.29 is 14.3 Å². The summed E-state index contributed by atoms with van der Waals surface area (Å²) in [4.78, 5) is 16.7. The molecule has 1 aromatic heterocycles. The molecular weight excluding hydrogens is 493 g/mol. The number of carbonyl (C=O) groups excluding carboxylic acids is 1. The zero-order valence-electron chi connectivity index (χ0n) is 20.4. The number of pyridine rings is 1. The summed E-state index contributed by atoms with van der Waals surface area (Å²) >= 11 is -2.53. The molecule has 0 saturated carbocycles. The number of fused-ring (bicyclic) bond motifs is 1. The first-order chi connectivity index (χ1) is 14.7. The third-order valence-corrected chi connectivity index (χ3v) is 21.5. The van der Waals surface area contributed by atoms with Crippen LogP contribution >= 0.6 is 0 Å². The molecular formula is C26H41NO3Sn. The molecule has 1 aromatic carbocycles. The van der Waals surface area contributed by atoms with Crippen LogP contribution in [0.1, 0.15) is 80.1 Å². The zero-order chi connectivity index (χ0) is 22.9. The second kappa shape index (κ2) is 12.1. The summed E-state index contributed by atoms with van der Waals surface area (Å²) in [7, 11) is 0. The quantitative estimate of drug-likeness (QED) is 0.220. The molecule has 2 rings (SSSR count). The summed E-state index contributed by atoms with van der Waals surface area (Å²) in [6, 6.07) is 10.6. The van der Waals surface area contributed by atoms with Crippen LogP contribution in [-0.2, 0) is 4.74 Å². The number of hydrogen-bond donors (Lipinski definition) is 0. The molecule has 0 aliphatic carbocycles. The predicted molar refractivity (Wildman–Crippen MR) is 133 cm³/mol. The van der Waals surface area contributed by atoms with Crippen LogP contribution in [-0.4, -0.2) is 35.1 Å². The van der Waals surface area contributed by atoms with E-state index >= 15 is 0 Å². The van der Waals surface area contributed by atoms with Gasteiger partial charge < -0.3 is 0 Å². The van der Waals surface area contributed by atoms with Gasteiger partial charge in [-0.25, -0.2) is 0 Å². The summed E-state index contributed by atoms with van der Waals surface area (Å²) in [5, 5.41) is 1.09. The maximum absolute atomic E-state index is 12.1. The second-order valence-corrected chi connectivity index (χ2v) is 23.0. The van der Waals surface area contributed by atoms with Gasteiger partial charge in [0.2, 0.25) is 0 Å². The molecule has 4 nitrogen and oxygen atoms in total. The van der Waals surface area contributed by atoms with E-state index in [9.17, 15) is 4.79 Å². The van der Waals surface area contributed by atoms with E-state index < -0.39 is 30.1 Å². The first-order valence-electron chi connectivity index (χ1n) is 12.0. The van der Waals surface area contributed by atoms with Crippen LogP contribution in [0.4, 0.5) is 4.79 Å². The van der Waals surface area contributed by atoms with Gasteiger partial charge >= 0.3 is 193 Å². The van der Waals surface area contributed by atoms with E-state index in [0.29, 0.717) is 5.88 Å². The average Bonchev–Trinajstić information content (AvgIpc) is 2.71. The molecule has 0 unspecified atom stereocenters. The topological polar surface area (TPSA) is 48.4 Å². The Hall–Kier alpha value is -1.30. The van der Waals surface area contributed by atoms with E-state index in [2.05, 4.69) is 44.0 Å². The minimum absolute atomic E-state index is 0.301. The summed E-state index contributed by atoms with van der Waals surface area (Å²) < 4.78 is 16.5. The molecule has 1 heterocycles. The second-order valence-electron chi connectivity index (χ2n) is 9.71. The Kier molecular flexibility index (Phi) is 10.1. The number of nitrogens with zero attached hydrogens (tertiary/aromatic N) is 1. The summed E-state index contributed by atoms with van der Waals surface area (Å²) in [6.07, 6.45) is 7.06. The molecule has 172 valence electrons. The van der Waals surface area contributed by atoms with Crippen molar-refractivity contribution in [3.05, 3.63) is 30.3 Å². The number of rotatable bonds is 11. The summed E-state index contributed by atoms with van der Waals surface area (Å²) in [5.41, 5.74) is 0.330. The molecule has 0 radical (unpaired) electrons. The molecule has 0 bridgehead atoms. The van der Waals surface area contributed by atoms with Crippen LogP contribution in [0.3, 0.4) is 0 Å². The summed E-state index contributed by atoms with van der Waals surface area (Å²) in [6.45, 7) is 12.4. The van der Waals surface area contributed by atoms with Crippen molar-refractivity contribution in [1.82, 2.24) is 4.98 Å². The number of aromatic nitrogens is 1. The van der Waals surface area contributed by atoms with E-state index in [1.165, 1.54) is 51.8 Å². The predicted octanol–water partition coefficient (Wildman–Crippen LogP) is 7.60. The van der Waals surface area contributed by atoms with Crippen molar-refractivity contribution in [2.75, 3.05) is 0 Å². The van der Waals surface area contributed by atoms with Gasteiger partial charge in [-0.1, -0.05) is 0 Å². The molecule has 31 heavy (non-hydrogen) atoms. The molecule has 5 heteroatoms. The Morgan fingerprint density at radius 1 is 0.903 bits per heavy atom. The zero-order valence-corrected chi connectivity index (χ0v) is 23.3. The SMILES string of the molecule is CCC[CH2][Sn]([CH2]CCC)([CH2]CCC)[c]1ccc2ccc(OC(=O)OC(C)(C)C)nc2c1. The van der Waals surface area contributed by atoms with Crippen molar-refractivity contribution in [1.29, 1.82) is 0 Å². The molecule has 2 aromatic rings. The Labute approximate surface area is 193 Å². The molecule has 0 spiro atoms. The van der Waals surface area contributed by atoms with Crippen LogP contribution in [0.5, 0.6) is 5.88 Å². The van der Waals surface area contributed by atoms with E-state index in [1.54, 1.807) is 9.65 Å². The molecule has 0 atom stereocenters. The average molecular weight is 534 g/mol. The Morgan fingerprint density at radius 2 is 1.45 bits per heavy atom. The van der Waals surface area contributed by atoms with Gasteiger partial charge in [-0.2, -0.15) is 0 Å². The van der Waals surface area contributed by atoms with Crippen molar-refractivity contribution >= 4 is 39.0 Å². The van der Waals surface area contributed by atoms with Gasteiger partial charge in [0.25, 0.3) is 0 Å². The normalized spacial score (nSPS) is 12.2. The Balaban J connectivity index is 2.39. The Bertz CT molecular complexity index is 822. The van der Waals surface area contributed by atoms with Gasteiger partial charge in [0, 0.05) is 0 Å². The standard InChI is InChI=1S/C14H14NO3.3C4H9.Sn/c1-14(2,3)18-13(16)17-12-9-8-10-6-4-5-7-11(10)15-12;3*1-3-4-2;/h4,6-9H,1-3H3;3*1,3-4H2,2H3;. The van der Waals surface area contributed by atoms with Gasteiger partial charge in [0.15, 0.2) is 0 Å². The number of unbranched alkanes of at least 4 members (excludes halogenated alkanes) is 3. The van der Waals surface area contributed by atoms with Gasteiger partial charge in [-0.05, 0) is 0 Å². The van der Waals surface area contributed by atoms with Gasteiger partial charge in [0.1, 0.15) is 0 Å². The maximum atomic E-state index is 12.1. The van der Waals surface area contributed by atoms with Crippen LogP contribution in [0.2, 0.25) is 13.3 Å². The van der Waals surface area contributed by atoms with Gasteiger partial charge in [-0.15, -0.1) is 0 Å². The van der Waals surface area contributed by atoms with E-state index in [0.717, 1.165) is 10.9 Å². The number of carbonyl (C=O) groups is 1. The first kappa shape index (κ1) is 26.0. The van der Waals surface area contributed by atoms with Gasteiger partial charge in [-0.3, -0.25) is 0 Å². The molecule has 0 N–H and O–H groups in total. The molecule has 0 saturated heterocycles. The van der Waals surface area contributed by atoms with Crippen molar-refractivity contribution in [2.24, 2.45) is 0 Å². The van der Waals surface area contributed by atoms with E-state index in [-0.39, 0.29) is 0 Å². The third kappa shape index (κ3) is 7.96. The van der Waals surface area contributed by atoms with Crippen molar-refractivity contribution in [3.8, 4) is 5.88 Å². The molecule has 0 amide bonds. The number of hydrogen-bond acceptors (Lipinski definition) is 4. The fraction of sp³-hybridized carbons (Fsp3) is 0.615.